The second-order valence-corrected chi connectivity index (χ2v) is 5.67. The number of rotatable bonds is 6. The van der Waals surface area contributed by atoms with Crippen LogP contribution in [-0.2, 0) is 0 Å². The monoisotopic (exact) mass is 386 g/mol. The van der Waals surface area contributed by atoms with Crippen LogP contribution in [0.1, 0.15) is 11.1 Å². The average molecular weight is 387 g/mol. The highest BCUT2D eigenvalue weighted by Crippen LogP contribution is 2.07. The highest BCUT2D eigenvalue weighted by atomic mass is 35.5. The lowest BCUT2D eigenvalue weighted by atomic mass is 10.1. The van der Waals surface area contributed by atoms with E-state index in [1.807, 2.05) is 24.3 Å². The van der Waals surface area contributed by atoms with Crippen LogP contribution < -0.4 is 10.9 Å². The summed E-state index contributed by atoms with van der Waals surface area (Å²) in [6, 6.07) is 14.2. The van der Waals surface area contributed by atoms with E-state index in [4.69, 9.17) is 23.2 Å². The molecule has 0 bridgehead atoms. The summed E-state index contributed by atoms with van der Waals surface area (Å²) in [6.07, 6.45) is 3.32. The third-order valence-electron chi connectivity index (χ3n) is 2.96. The van der Waals surface area contributed by atoms with Crippen molar-refractivity contribution in [1.29, 1.82) is 0 Å². The van der Waals surface area contributed by atoms with E-state index in [0.29, 0.717) is 21.9 Å². The molecule has 8 nitrogen and oxygen atoms in total. The molecule has 0 radical (unpaired) electrons. The van der Waals surface area contributed by atoms with Gasteiger partial charge in [-0.15, -0.1) is 20.4 Å². The molecule has 2 heterocycles. The molecule has 26 heavy (non-hydrogen) atoms. The fourth-order valence-corrected chi connectivity index (χ4v) is 2.02. The quantitative estimate of drug-likeness (QED) is 0.496. The van der Waals surface area contributed by atoms with E-state index in [1.165, 1.54) is 0 Å². The van der Waals surface area contributed by atoms with Crippen LogP contribution in [0.25, 0.3) is 0 Å². The minimum absolute atomic E-state index is 0.324. The maximum Gasteiger partial charge on any atom is 0.168 e. The predicted octanol–water partition coefficient (Wildman–Crippen LogP) is 3.47. The van der Waals surface area contributed by atoms with E-state index < -0.39 is 0 Å². The van der Waals surface area contributed by atoms with Crippen molar-refractivity contribution in [3.05, 3.63) is 70.0 Å². The van der Waals surface area contributed by atoms with Crippen molar-refractivity contribution >= 4 is 47.3 Å². The number of nitrogens with zero attached hydrogens (tertiary/aromatic N) is 6. The molecule has 0 saturated heterocycles. The van der Waals surface area contributed by atoms with Crippen molar-refractivity contribution in [3.63, 3.8) is 0 Å². The van der Waals surface area contributed by atoms with E-state index in [1.54, 1.807) is 36.7 Å². The first-order chi connectivity index (χ1) is 12.7. The average Bonchev–Trinajstić information content (AvgIpc) is 2.65. The third-order valence-corrected chi connectivity index (χ3v) is 3.36. The van der Waals surface area contributed by atoms with Gasteiger partial charge in [-0.05, 0) is 41.5 Å². The molecule has 0 atom stereocenters. The fourth-order valence-electron chi connectivity index (χ4n) is 1.82. The third kappa shape index (κ3) is 5.47. The van der Waals surface area contributed by atoms with E-state index in [9.17, 15) is 0 Å². The maximum atomic E-state index is 5.68. The molecule has 0 fully saturated rings. The number of anilines is 2. The molecule has 1 aromatic carbocycles. The van der Waals surface area contributed by atoms with Gasteiger partial charge in [0.25, 0.3) is 0 Å². The number of hydrogen-bond acceptors (Lipinski definition) is 8. The smallest absolute Gasteiger partial charge is 0.168 e. The Labute approximate surface area is 159 Å². The largest absolute Gasteiger partial charge is 0.260 e. The highest BCUT2D eigenvalue weighted by Gasteiger charge is 1.95. The van der Waals surface area contributed by atoms with Crippen LogP contribution in [0, 0.1) is 0 Å². The van der Waals surface area contributed by atoms with Crippen LogP contribution in [-0.4, -0.2) is 32.8 Å². The number of hydrazone groups is 2. The minimum Gasteiger partial charge on any atom is -0.260 e. The van der Waals surface area contributed by atoms with E-state index in [-0.39, 0.29) is 0 Å². The molecule has 3 aromatic rings. The second-order valence-electron chi connectivity index (χ2n) is 4.89. The normalized spacial score (nSPS) is 11.2. The zero-order valence-corrected chi connectivity index (χ0v) is 14.7. The van der Waals surface area contributed by atoms with Gasteiger partial charge in [-0.2, -0.15) is 10.2 Å². The van der Waals surface area contributed by atoms with Gasteiger partial charge in [0.2, 0.25) is 0 Å². The van der Waals surface area contributed by atoms with Crippen LogP contribution in [0.15, 0.2) is 58.7 Å². The molecule has 0 amide bonds. The Balaban J connectivity index is 1.58. The molecule has 3 rings (SSSR count). The fraction of sp³-hybridized carbons (Fsp3) is 0. The van der Waals surface area contributed by atoms with Gasteiger partial charge in [-0.25, -0.2) is 0 Å². The Morgan fingerprint density at radius 3 is 1.62 bits per heavy atom. The lowest BCUT2D eigenvalue weighted by molar-refractivity contribution is 1.02. The van der Waals surface area contributed by atoms with E-state index in [0.717, 1.165) is 11.1 Å². The van der Waals surface area contributed by atoms with Gasteiger partial charge in [-0.1, -0.05) is 41.4 Å². The SMILES string of the molecule is Clc1ccc(NN=Cc2cccc(C=NNc3ccc(Cl)nn3)c2)nn1. The van der Waals surface area contributed by atoms with Crippen molar-refractivity contribution in [2.45, 2.75) is 0 Å². The summed E-state index contributed by atoms with van der Waals surface area (Å²) >= 11 is 11.4. The number of aromatic nitrogens is 4. The Morgan fingerprint density at radius 1 is 0.692 bits per heavy atom. The van der Waals surface area contributed by atoms with Gasteiger partial charge in [0.1, 0.15) is 0 Å². The topological polar surface area (TPSA) is 100 Å². The summed E-state index contributed by atoms with van der Waals surface area (Å²) in [5.74, 6) is 0.994. The Morgan fingerprint density at radius 2 is 1.19 bits per heavy atom. The summed E-state index contributed by atoms with van der Waals surface area (Å²) in [6.45, 7) is 0. The molecule has 2 aromatic heterocycles. The van der Waals surface area contributed by atoms with Gasteiger partial charge in [0.05, 0.1) is 12.4 Å². The van der Waals surface area contributed by atoms with Gasteiger partial charge < -0.3 is 0 Å². The molecule has 0 spiro atoms. The van der Waals surface area contributed by atoms with Crippen LogP contribution in [0.2, 0.25) is 10.3 Å². The van der Waals surface area contributed by atoms with Crippen molar-refractivity contribution in [3.8, 4) is 0 Å². The summed E-state index contributed by atoms with van der Waals surface area (Å²) in [4.78, 5) is 0. The molecule has 130 valence electrons. The van der Waals surface area contributed by atoms with Crippen LogP contribution in [0.5, 0.6) is 0 Å². The van der Waals surface area contributed by atoms with Crippen molar-refractivity contribution in [2.24, 2.45) is 10.2 Å². The highest BCUT2D eigenvalue weighted by molar-refractivity contribution is 6.29. The summed E-state index contributed by atoms with van der Waals surface area (Å²) in [7, 11) is 0. The van der Waals surface area contributed by atoms with Crippen molar-refractivity contribution in [1.82, 2.24) is 20.4 Å². The molecule has 0 unspecified atom stereocenters. The van der Waals surface area contributed by atoms with Crippen molar-refractivity contribution in [2.75, 3.05) is 10.9 Å². The summed E-state index contributed by atoms with van der Waals surface area (Å²) in [5, 5.41) is 24.0. The second kappa shape index (κ2) is 8.84. The maximum absolute atomic E-state index is 5.68. The van der Waals surface area contributed by atoms with Crippen LogP contribution in [0.4, 0.5) is 11.6 Å². The predicted molar refractivity (Wildman–Crippen MR) is 103 cm³/mol. The number of benzene rings is 1. The van der Waals surface area contributed by atoms with E-state index >= 15 is 0 Å². The molecular formula is C16H12Cl2N8. The zero-order valence-electron chi connectivity index (χ0n) is 13.2. The molecule has 0 aliphatic rings. The summed E-state index contributed by atoms with van der Waals surface area (Å²) in [5.41, 5.74) is 7.32. The molecular weight excluding hydrogens is 375 g/mol. The van der Waals surface area contributed by atoms with Gasteiger partial charge >= 0.3 is 0 Å². The number of nitrogens with one attached hydrogen (secondary N) is 2. The molecule has 0 saturated carbocycles. The van der Waals surface area contributed by atoms with Crippen LogP contribution in [0.3, 0.4) is 0 Å². The standard InChI is InChI=1S/C16H12Cl2N8/c17-13-4-6-15(25-21-13)23-19-9-11-2-1-3-12(8-11)10-20-24-16-7-5-14(18)22-26-16/h1-10H,(H,23,25)(H,24,26). The molecule has 0 aliphatic heterocycles. The van der Waals surface area contributed by atoms with Gasteiger partial charge in [0.15, 0.2) is 21.9 Å². The van der Waals surface area contributed by atoms with Gasteiger partial charge in [0, 0.05) is 0 Å². The number of hydrogen-bond donors (Lipinski definition) is 2. The Hall–Kier alpha value is -3.10. The molecule has 0 aliphatic carbocycles. The first-order valence-electron chi connectivity index (χ1n) is 7.36. The number of halogens is 2. The summed E-state index contributed by atoms with van der Waals surface area (Å²) < 4.78 is 0. The van der Waals surface area contributed by atoms with Gasteiger partial charge in [-0.3, -0.25) is 10.9 Å². The lowest BCUT2D eigenvalue weighted by Gasteiger charge is -1.99. The lowest BCUT2D eigenvalue weighted by Crippen LogP contribution is -1.96. The molecule has 10 heteroatoms. The Bertz CT molecular complexity index is 838. The van der Waals surface area contributed by atoms with Crippen molar-refractivity contribution < 1.29 is 0 Å². The molecule has 2 N–H and O–H groups in total. The van der Waals surface area contributed by atoms with E-state index in [2.05, 4.69) is 41.4 Å². The minimum atomic E-state index is 0.324. The first-order valence-corrected chi connectivity index (χ1v) is 8.11. The zero-order chi connectivity index (χ0) is 18.2. The first kappa shape index (κ1) is 17.7. The Kier molecular flexibility index (Phi) is 6.02. The van der Waals surface area contributed by atoms with Crippen LogP contribution >= 0.6 is 23.2 Å².